The summed E-state index contributed by atoms with van der Waals surface area (Å²) in [4.78, 5) is 38.2. The van der Waals surface area contributed by atoms with Gasteiger partial charge in [0.1, 0.15) is 29.3 Å². The molecule has 1 aliphatic heterocycles. The summed E-state index contributed by atoms with van der Waals surface area (Å²) in [6, 6.07) is 0.744. The normalized spacial score (nSPS) is 25.8. The second-order valence-electron chi connectivity index (χ2n) is 8.61. The highest BCUT2D eigenvalue weighted by Gasteiger charge is 2.47. The average molecular weight is 490 g/mol. The quantitative estimate of drug-likeness (QED) is 0.181. The second-order valence-corrected chi connectivity index (χ2v) is 8.61. The van der Waals surface area contributed by atoms with Gasteiger partial charge in [0.25, 0.3) is 0 Å². The van der Waals surface area contributed by atoms with Crippen LogP contribution in [0.2, 0.25) is 0 Å². The molecule has 0 amide bonds. The molecule has 0 saturated carbocycles. The number of ether oxygens (including phenoxy) is 1. The topological polar surface area (TPSA) is 222 Å². The lowest BCUT2D eigenvalue weighted by Gasteiger charge is -2.41. The van der Waals surface area contributed by atoms with Crippen molar-refractivity contribution in [3.05, 3.63) is 45.0 Å². The Morgan fingerprint density at radius 2 is 1.54 bits per heavy atom. The van der Waals surface area contributed by atoms with Crippen molar-refractivity contribution in [3.63, 3.8) is 0 Å². The molecule has 0 bridgehead atoms. The molecule has 1 aliphatic carbocycles. The van der Waals surface area contributed by atoms with Crippen LogP contribution in [0.1, 0.15) is 66.4 Å². The van der Waals surface area contributed by atoms with Crippen LogP contribution in [0, 0.1) is 12.8 Å². The first-order chi connectivity index (χ1) is 16.3. The third kappa shape index (κ3) is 3.26. The number of ketones is 2. The highest BCUT2D eigenvalue weighted by atomic mass is 16.5. The number of benzene rings is 2. The van der Waals surface area contributed by atoms with Gasteiger partial charge >= 0.3 is 5.97 Å². The first kappa shape index (κ1) is 24.4. The summed E-state index contributed by atoms with van der Waals surface area (Å²) in [5, 5.41) is 82.3. The zero-order valence-electron chi connectivity index (χ0n) is 18.4. The van der Waals surface area contributed by atoms with Crippen LogP contribution >= 0.6 is 0 Å². The number of phenolic OH excluding ortho intramolecular Hbond substituents is 3. The monoisotopic (exact) mass is 490 g/mol. The molecule has 186 valence electrons. The molecule has 0 aromatic heterocycles. The predicted molar refractivity (Wildman–Crippen MR) is 114 cm³/mol. The summed E-state index contributed by atoms with van der Waals surface area (Å²) in [6.45, 7) is 2.05. The molecule has 12 heteroatoms. The molecule has 1 heterocycles. The molecule has 4 rings (SSSR count). The number of aliphatic hydroxyl groups excluding tert-OH is 3. The fourth-order valence-electron chi connectivity index (χ4n) is 4.79. The summed E-state index contributed by atoms with van der Waals surface area (Å²) in [7, 11) is 0. The number of hydrogen-bond donors (Lipinski definition) is 8. The standard InChI is InChI=1S/C23H22O12/c1-5-9(4-24)35-22(21(32)15(5)26)14-18(29)13-12(19(30)20(14)31)16(27)7-3-8(25)11(23(33)34)6(2)10(7)17(13)28/h3,5,9,15,21-22,24-26,29-32H,4H2,1-2H3,(H,33,34). The zero-order valence-corrected chi connectivity index (χ0v) is 18.4. The number of aromatic carboxylic acids is 1. The lowest BCUT2D eigenvalue weighted by atomic mass is 9.77. The summed E-state index contributed by atoms with van der Waals surface area (Å²) >= 11 is 0. The number of carbonyl (C=O) groups is 3. The molecular formula is C23H22O12. The molecule has 0 radical (unpaired) electrons. The number of hydrogen-bond acceptors (Lipinski definition) is 11. The summed E-state index contributed by atoms with van der Waals surface area (Å²) < 4.78 is 5.55. The van der Waals surface area contributed by atoms with Crippen LogP contribution in [0.4, 0.5) is 0 Å². The van der Waals surface area contributed by atoms with Crippen LogP contribution in [-0.2, 0) is 4.74 Å². The van der Waals surface area contributed by atoms with E-state index in [0.717, 1.165) is 6.07 Å². The number of fused-ring (bicyclic) bond motifs is 2. The summed E-state index contributed by atoms with van der Waals surface area (Å²) in [5.74, 6) is -8.64. The first-order valence-electron chi connectivity index (χ1n) is 10.5. The highest BCUT2D eigenvalue weighted by molar-refractivity contribution is 6.31. The average Bonchev–Trinajstić information content (AvgIpc) is 2.79. The van der Waals surface area contributed by atoms with Crippen molar-refractivity contribution in [3.8, 4) is 23.0 Å². The molecular weight excluding hydrogens is 468 g/mol. The van der Waals surface area contributed by atoms with Crippen LogP contribution < -0.4 is 0 Å². The molecule has 2 aromatic carbocycles. The van der Waals surface area contributed by atoms with Gasteiger partial charge < -0.3 is 45.6 Å². The van der Waals surface area contributed by atoms with E-state index in [0.29, 0.717) is 0 Å². The van der Waals surface area contributed by atoms with E-state index in [2.05, 4.69) is 0 Å². The second kappa shape index (κ2) is 8.20. The number of carboxylic acid groups (broad SMARTS) is 1. The predicted octanol–water partition coefficient (Wildman–Crippen LogP) is 0.0811. The third-order valence-corrected chi connectivity index (χ3v) is 6.73. The van der Waals surface area contributed by atoms with Crippen molar-refractivity contribution in [1.82, 2.24) is 0 Å². The molecule has 1 saturated heterocycles. The minimum absolute atomic E-state index is 0.274. The van der Waals surface area contributed by atoms with E-state index in [1.807, 2.05) is 0 Å². The molecule has 2 aliphatic rings. The van der Waals surface area contributed by atoms with Gasteiger partial charge in [-0.2, -0.15) is 0 Å². The van der Waals surface area contributed by atoms with Crippen molar-refractivity contribution >= 4 is 17.5 Å². The largest absolute Gasteiger partial charge is 0.507 e. The Kier molecular flexibility index (Phi) is 5.72. The van der Waals surface area contributed by atoms with Crippen molar-refractivity contribution in [2.24, 2.45) is 5.92 Å². The van der Waals surface area contributed by atoms with Gasteiger partial charge in [0, 0.05) is 17.0 Å². The maximum Gasteiger partial charge on any atom is 0.339 e. The molecule has 1 fully saturated rings. The SMILES string of the molecule is Cc1c(C(=O)O)c(O)cc2c1C(=O)c1c(O)c(C3OC(CO)C(C)C(O)C3O)c(O)c(O)c1C2=O. The Bertz CT molecular complexity index is 1290. The van der Waals surface area contributed by atoms with Crippen LogP contribution in [-0.4, -0.2) is 83.3 Å². The maximum atomic E-state index is 13.4. The number of aliphatic hydroxyl groups is 3. The fraction of sp³-hybridized carbons (Fsp3) is 0.348. The van der Waals surface area contributed by atoms with E-state index in [-0.39, 0.29) is 5.56 Å². The Morgan fingerprint density at radius 1 is 0.943 bits per heavy atom. The van der Waals surface area contributed by atoms with Crippen molar-refractivity contribution in [1.29, 1.82) is 0 Å². The van der Waals surface area contributed by atoms with Gasteiger partial charge in [-0.3, -0.25) is 9.59 Å². The minimum Gasteiger partial charge on any atom is -0.507 e. The van der Waals surface area contributed by atoms with Crippen LogP contribution in [0.5, 0.6) is 23.0 Å². The molecule has 5 unspecified atom stereocenters. The van der Waals surface area contributed by atoms with E-state index in [9.17, 15) is 55.2 Å². The van der Waals surface area contributed by atoms with Crippen molar-refractivity contribution < 1.29 is 60.0 Å². The molecule has 35 heavy (non-hydrogen) atoms. The molecule has 12 nitrogen and oxygen atoms in total. The first-order valence-corrected chi connectivity index (χ1v) is 10.5. The highest BCUT2D eigenvalue weighted by Crippen LogP contribution is 2.52. The van der Waals surface area contributed by atoms with Crippen LogP contribution in [0.3, 0.4) is 0 Å². The van der Waals surface area contributed by atoms with E-state index in [1.165, 1.54) is 13.8 Å². The van der Waals surface area contributed by atoms with Gasteiger partial charge in [0.2, 0.25) is 0 Å². The number of phenols is 4. The summed E-state index contributed by atoms with van der Waals surface area (Å²) in [5.41, 5.74) is -4.13. The van der Waals surface area contributed by atoms with Gasteiger partial charge in [0.15, 0.2) is 23.1 Å². The molecule has 2 aromatic rings. The Balaban J connectivity index is 1.99. The van der Waals surface area contributed by atoms with E-state index >= 15 is 0 Å². The zero-order chi connectivity index (χ0) is 26.1. The van der Waals surface area contributed by atoms with E-state index < -0.39 is 111 Å². The lowest BCUT2D eigenvalue weighted by molar-refractivity contribution is -0.207. The molecule has 5 atom stereocenters. The summed E-state index contributed by atoms with van der Waals surface area (Å²) in [6.07, 6.45) is -6.06. The van der Waals surface area contributed by atoms with E-state index in [1.54, 1.807) is 0 Å². The van der Waals surface area contributed by atoms with E-state index in [4.69, 9.17) is 4.74 Å². The Labute approximate surface area is 196 Å². The fourth-order valence-corrected chi connectivity index (χ4v) is 4.79. The Hall–Kier alpha value is -3.71. The van der Waals surface area contributed by atoms with Crippen LogP contribution in [0.15, 0.2) is 6.07 Å². The van der Waals surface area contributed by atoms with Gasteiger partial charge in [-0.15, -0.1) is 0 Å². The molecule has 8 N–H and O–H groups in total. The van der Waals surface area contributed by atoms with Crippen LogP contribution in [0.25, 0.3) is 0 Å². The molecule has 0 spiro atoms. The number of rotatable bonds is 3. The Morgan fingerprint density at radius 3 is 2.11 bits per heavy atom. The van der Waals surface area contributed by atoms with Gasteiger partial charge in [-0.25, -0.2) is 4.79 Å². The van der Waals surface area contributed by atoms with Gasteiger partial charge in [-0.05, 0) is 18.6 Å². The van der Waals surface area contributed by atoms with Gasteiger partial charge in [0.05, 0.1) is 35.5 Å². The maximum absolute atomic E-state index is 13.4. The smallest absolute Gasteiger partial charge is 0.339 e. The number of aromatic hydroxyl groups is 4. The number of carbonyl (C=O) groups excluding carboxylic acids is 2. The minimum atomic E-state index is -1.78. The number of carboxylic acids is 1. The lowest BCUT2D eigenvalue weighted by Crippen LogP contribution is -2.50. The van der Waals surface area contributed by atoms with Crippen molar-refractivity contribution in [2.75, 3.05) is 6.61 Å². The third-order valence-electron chi connectivity index (χ3n) is 6.73. The van der Waals surface area contributed by atoms with Gasteiger partial charge in [-0.1, -0.05) is 6.92 Å². The van der Waals surface area contributed by atoms with Crippen molar-refractivity contribution in [2.45, 2.75) is 38.3 Å².